The third-order valence-corrected chi connectivity index (χ3v) is 5.03. The van der Waals surface area contributed by atoms with Crippen molar-refractivity contribution >= 4 is 22.5 Å². The highest BCUT2D eigenvalue weighted by molar-refractivity contribution is 6.13. The van der Waals surface area contributed by atoms with Crippen LogP contribution in [0.25, 0.3) is 22.2 Å². The predicted molar refractivity (Wildman–Crippen MR) is 124 cm³/mol. The van der Waals surface area contributed by atoms with Gasteiger partial charge in [0.1, 0.15) is 11.5 Å². The molecule has 0 bridgehead atoms. The number of pyridine rings is 1. The summed E-state index contributed by atoms with van der Waals surface area (Å²) in [5.41, 5.74) is 4.62. The molecule has 5 nitrogen and oxygen atoms in total. The fourth-order valence-corrected chi connectivity index (χ4v) is 3.51. The van der Waals surface area contributed by atoms with Crippen molar-refractivity contribution in [2.75, 3.05) is 19.0 Å². The first-order valence-corrected chi connectivity index (χ1v) is 10.2. The van der Waals surface area contributed by atoms with E-state index in [0.29, 0.717) is 23.6 Å². The van der Waals surface area contributed by atoms with Crippen molar-refractivity contribution in [3.05, 3.63) is 83.9 Å². The van der Waals surface area contributed by atoms with E-state index in [0.717, 1.165) is 33.5 Å². The number of anilines is 1. The molecule has 0 aliphatic carbocycles. The monoisotopic (exact) mass is 412 g/mol. The minimum absolute atomic E-state index is 0.213. The summed E-state index contributed by atoms with van der Waals surface area (Å²) in [6, 6.07) is 22.9. The molecular formula is C26H24N2O3. The second-order valence-corrected chi connectivity index (χ2v) is 7.19. The van der Waals surface area contributed by atoms with Gasteiger partial charge in [0.25, 0.3) is 5.91 Å². The third kappa shape index (κ3) is 4.36. The van der Waals surface area contributed by atoms with Crippen LogP contribution in [-0.2, 0) is 0 Å². The Kier molecular flexibility index (Phi) is 5.85. The molecular weight excluding hydrogens is 388 g/mol. The SMILES string of the molecule is CCOc1ccc(-c2cc(C(=O)Nc3cc(C)ccc3OC)c3ccccc3n2)cc1. The number of benzene rings is 3. The van der Waals surface area contributed by atoms with Gasteiger partial charge in [-0.15, -0.1) is 0 Å². The van der Waals surface area contributed by atoms with Crippen LogP contribution < -0.4 is 14.8 Å². The molecule has 0 unspecified atom stereocenters. The molecule has 1 amide bonds. The fraction of sp³-hybridized carbons (Fsp3) is 0.154. The zero-order valence-electron chi connectivity index (χ0n) is 17.8. The average Bonchev–Trinajstić information content (AvgIpc) is 2.79. The molecule has 0 saturated heterocycles. The number of hydrogen-bond acceptors (Lipinski definition) is 4. The van der Waals surface area contributed by atoms with Crippen molar-refractivity contribution in [1.29, 1.82) is 0 Å². The molecule has 0 saturated carbocycles. The van der Waals surface area contributed by atoms with Gasteiger partial charge in [-0.05, 0) is 67.9 Å². The average molecular weight is 412 g/mol. The molecule has 1 aromatic heterocycles. The van der Waals surface area contributed by atoms with Crippen LogP contribution in [0, 0.1) is 6.92 Å². The molecule has 1 N–H and O–H groups in total. The molecule has 156 valence electrons. The Balaban J connectivity index is 1.76. The summed E-state index contributed by atoms with van der Waals surface area (Å²) in [7, 11) is 1.59. The van der Waals surface area contributed by atoms with Crippen LogP contribution in [0.5, 0.6) is 11.5 Å². The standard InChI is InChI=1S/C26H24N2O3/c1-4-31-19-12-10-18(11-13-19)23-16-21(20-7-5-6-8-22(20)27-23)26(29)28-24-15-17(2)9-14-25(24)30-3/h5-16H,4H2,1-3H3,(H,28,29). The van der Waals surface area contributed by atoms with Gasteiger partial charge in [0.2, 0.25) is 0 Å². The maximum Gasteiger partial charge on any atom is 0.256 e. The van der Waals surface area contributed by atoms with E-state index in [1.54, 1.807) is 7.11 Å². The first-order chi connectivity index (χ1) is 15.1. The van der Waals surface area contributed by atoms with E-state index in [-0.39, 0.29) is 5.91 Å². The highest BCUT2D eigenvalue weighted by atomic mass is 16.5. The van der Waals surface area contributed by atoms with E-state index in [2.05, 4.69) is 5.32 Å². The first-order valence-electron chi connectivity index (χ1n) is 10.2. The lowest BCUT2D eigenvalue weighted by Gasteiger charge is -2.13. The second-order valence-electron chi connectivity index (χ2n) is 7.19. The van der Waals surface area contributed by atoms with E-state index in [9.17, 15) is 4.79 Å². The van der Waals surface area contributed by atoms with Crippen LogP contribution in [0.15, 0.2) is 72.8 Å². The van der Waals surface area contributed by atoms with Crippen LogP contribution >= 0.6 is 0 Å². The Bertz CT molecular complexity index is 1230. The molecule has 3 aromatic carbocycles. The molecule has 0 spiro atoms. The number of nitrogens with one attached hydrogen (secondary N) is 1. The Hall–Kier alpha value is -3.86. The summed E-state index contributed by atoms with van der Waals surface area (Å²) in [5, 5.41) is 3.80. The van der Waals surface area contributed by atoms with E-state index in [4.69, 9.17) is 14.5 Å². The number of carbonyl (C=O) groups is 1. The van der Waals surface area contributed by atoms with Crippen LogP contribution in [0.2, 0.25) is 0 Å². The number of fused-ring (bicyclic) bond motifs is 1. The van der Waals surface area contributed by atoms with Crippen molar-refractivity contribution < 1.29 is 14.3 Å². The van der Waals surface area contributed by atoms with Crippen LogP contribution in [-0.4, -0.2) is 24.6 Å². The van der Waals surface area contributed by atoms with Crippen molar-refractivity contribution in [1.82, 2.24) is 4.98 Å². The summed E-state index contributed by atoms with van der Waals surface area (Å²) in [5.74, 6) is 1.20. The van der Waals surface area contributed by atoms with E-state index in [1.807, 2.05) is 86.6 Å². The quantitative estimate of drug-likeness (QED) is 0.430. The lowest BCUT2D eigenvalue weighted by atomic mass is 10.0. The second kappa shape index (κ2) is 8.88. The van der Waals surface area contributed by atoms with Crippen LogP contribution in [0.3, 0.4) is 0 Å². The number of amides is 1. The summed E-state index contributed by atoms with van der Waals surface area (Å²) < 4.78 is 10.9. The number of methoxy groups -OCH3 is 1. The largest absolute Gasteiger partial charge is 0.495 e. The van der Waals surface area contributed by atoms with Crippen molar-refractivity contribution in [3.8, 4) is 22.8 Å². The zero-order chi connectivity index (χ0) is 21.8. The maximum atomic E-state index is 13.3. The van der Waals surface area contributed by atoms with Crippen molar-refractivity contribution in [2.45, 2.75) is 13.8 Å². The number of aryl methyl sites for hydroxylation is 1. The number of ether oxygens (including phenoxy) is 2. The van der Waals surface area contributed by atoms with Gasteiger partial charge >= 0.3 is 0 Å². The number of aromatic nitrogens is 1. The van der Waals surface area contributed by atoms with Gasteiger partial charge in [-0.3, -0.25) is 4.79 Å². The molecule has 31 heavy (non-hydrogen) atoms. The molecule has 0 aliphatic rings. The first kappa shape index (κ1) is 20.4. The number of rotatable bonds is 6. The third-order valence-electron chi connectivity index (χ3n) is 5.03. The van der Waals surface area contributed by atoms with Crippen molar-refractivity contribution in [3.63, 3.8) is 0 Å². The van der Waals surface area contributed by atoms with Gasteiger partial charge in [-0.2, -0.15) is 0 Å². The number of hydrogen-bond donors (Lipinski definition) is 1. The highest BCUT2D eigenvalue weighted by Crippen LogP contribution is 2.29. The lowest BCUT2D eigenvalue weighted by Crippen LogP contribution is -2.14. The molecule has 4 rings (SSSR count). The summed E-state index contributed by atoms with van der Waals surface area (Å²) in [4.78, 5) is 18.1. The number of nitrogens with zero attached hydrogens (tertiary/aromatic N) is 1. The van der Waals surface area contributed by atoms with Gasteiger partial charge in [0.15, 0.2) is 0 Å². The molecule has 0 atom stereocenters. The van der Waals surface area contributed by atoms with E-state index in [1.165, 1.54) is 0 Å². The molecule has 0 fully saturated rings. The minimum Gasteiger partial charge on any atom is -0.495 e. The van der Waals surface area contributed by atoms with Gasteiger partial charge in [0, 0.05) is 10.9 Å². The van der Waals surface area contributed by atoms with E-state index < -0.39 is 0 Å². The van der Waals surface area contributed by atoms with Crippen LogP contribution in [0.1, 0.15) is 22.8 Å². The minimum atomic E-state index is -0.213. The Labute approximate surface area is 181 Å². The fourth-order valence-electron chi connectivity index (χ4n) is 3.51. The Morgan fingerprint density at radius 2 is 1.77 bits per heavy atom. The van der Waals surface area contributed by atoms with E-state index >= 15 is 0 Å². The molecule has 1 heterocycles. The smallest absolute Gasteiger partial charge is 0.256 e. The Morgan fingerprint density at radius 1 is 1.00 bits per heavy atom. The predicted octanol–water partition coefficient (Wildman–Crippen LogP) is 5.87. The van der Waals surface area contributed by atoms with Gasteiger partial charge in [-0.1, -0.05) is 24.3 Å². The highest BCUT2D eigenvalue weighted by Gasteiger charge is 2.16. The zero-order valence-corrected chi connectivity index (χ0v) is 17.8. The van der Waals surface area contributed by atoms with Gasteiger partial charge in [0.05, 0.1) is 36.2 Å². The summed E-state index contributed by atoms with van der Waals surface area (Å²) in [6.45, 7) is 4.54. The summed E-state index contributed by atoms with van der Waals surface area (Å²) >= 11 is 0. The van der Waals surface area contributed by atoms with Gasteiger partial charge in [-0.25, -0.2) is 4.98 Å². The molecule has 0 radical (unpaired) electrons. The summed E-state index contributed by atoms with van der Waals surface area (Å²) in [6.07, 6.45) is 0. The van der Waals surface area contributed by atoms with Gasteiger partial charge < -0.3 is 14.8 Å². The number of para-hydroxylation sites is 1. The van der Waals surface area contributed by atoms with Crippen molar-refractivity contribution in [2.24, 2.45) is 0 Å². The normalized spacial score (nSPS) is 10.7. The maximum absolute atomic E-state index is 13.3. The number of carbonyl (C=O) groups excluding carboxylic acids is 1. The topological polar surface area (TPSA) is 60.5 Å². The molecule has 4 aromatic rings. The molecule has 5 heteroatoms. The lowest BCUT2D eigenvalue weighted by molar-refractivity contribution is 0.102. The Morgan fingerprint density at radius 3 is 2.52 bits per heavy atom. The van der Waals surface area contributed by atoms with Crippen LogP contribution in [0.4, 0.5) is 5.69 Å². The molecule has 0 aliphatic heterocycles.